The Morgan fingerprint density at radius 1 is 0.875 bits per heavy atom. The molecule has 0 aliphatic heterocycles. The number of nitrogens with one attached hydrogen (secondary N) is 4. The maximum atomic E-state index is 13.3. The Morgan fingerprint density at radius 3 is 2.12 bits per heavy atom. The van der Waals surface area contributed by atoms with Gasteiger partial charge in [-0.3, -0.25) is 24.0 Å². The molecule has 0 spiro atoms. The number of aromatic nitrogens is 1. The number of carbonyl (C=O) groups excluding carboxylic acids is 4. The minimum absolute atomic E-state index is 0.0217. The second kappa shape index (κ2) is 14.6. The lowest BCUT2D eigenvalue weighted by Gasteiger charge is -2.27. The van der Waals surface area contributed by atoms with Gasteiger partial charge in [-0.15, -0.1) is 0 Å². The Bertz CT molecular complexity index is 1240. The van der Waals surface area contributed by atoms with E-state index < -0.39 is 72.1 Å². The molecule has 40 heavy (non-hydrogen) atoms. The Morgan fingerprint density at radius 2 is 1.52 bits per heavy atom. The molecule has 0 saturated heterocycles. The summed E-state index contributed by atoms with van der Waals surface area (Å²) in [5.74, 6) is -5.97. The van der Waals surface area contributed by atoms with Crippen molar-refractivity contribution in [3.05, 3.63) is 36.0 Å². The van der Waals surface area contributed by atoms with Crippen LogP contribution in [0.3, 0.4) is 0 Å². The van der Waals surface area contributed by atoms with Crippen LogP contribution in [0.4, 0.5) is 0 Å². The average molecular weight is 561 g/mol. The fourth-order valence-corrected chi connectivity index (χ4v) is 4.01. The third-order valence-electron chi connectivity index (χ3n) is 6.28. The van der Waals surface area contributed by atoms with Gasteiger partial charge < -0.3 is 42.6 Å². The normalized spacial score (nSPS) is 14.1. The van der Waals surface area contributed by atoms with Crippen LogP contribution >= 0.6 is 0 Å². The predicted octanol–water partition coefficient (Wildman–Crippen LogP) is -0.637. The standard InChI is InChI=1S/C26H36N6O8/c1-13(2)22(32-23(36)16(27)7-9-20(28)33)25(38)31-19(11-14-12-29-17-6-4-3-5-15(14)17)24(37)30-18(26(39)40)8-10-21(34)35/h3-6,12-13,16,18-19,22,29H,7-11,27H2,1-2H3,(H2,28,33)(H,30,37)(H,31,38)(H,32,36)(H,34,35)(H,39,40). The van der Waals surface area contributed by atoms with Gasteiger partial charge >= 0.3 is 11.9 Å². The number of carboxylic acids is 2. The van der Waals surface area contributed by atoms with Crippen LogP contribution in [-0.4, -0.2) is 74.9 Å². The van der Waals surface area contributed by atoms with Crippen molar-refractivity contribution in [1.29, 1.82) is 0 Å². The van der Waals surface area contributed by atoms with Crippen molar-refractivity contribution in [2.75, 3.05) is 0 Å². The second-order valence-corrected chi connectivity index (χ2v) is 9.80. The van der Waals surface area contributed by atoms with Crippen LogP contribution in [0.1, 0.15) is 45.1 Å². The van der Waals surface area contributed by atoms with Crippen LogP contribution in [0.5, 0.6) is 0 Å². The highest BCUT2D eigenvalue weighted by Crippen LogP contribution is 2.19. The Balaban J connectivity index is 2.28. The maximum Gasteiger partial charge on any atom is 0.326 e. The number of aromatic amines is 1. The molecule has 4 atom stereocenters. The molecular weight excluding hydrogens is 524 g/mol. The van der Waals surface area contributed by atoms with E-state index in [9.17, 15) is 33.9 Å². The average Bonchev–Trinajstić information content (AvgIpc) is 3.29. The molecule has 1 aromatic heterocycles. The Kier molecular flexibility index (Phi) is 11.6. The van der Waals surface area contributed by atoms with Gasteiger partial charge in [-0.25, -0.2) is 4.79 Å². The van der Waals surface area contributed by atoms with E-state index in [1.807, 2.05) is 18.2 Å². The summed E-state index contributed by atoms with van der Waals surface area (Å²) in [4.78, 5) is 75.9. The van der Waals surface area contributed by atoms with Crippen molar-refractivity contribution < 1.29 is 39.0 Å². The second-order valence-electron chi connectivity index (χ2n) is 9.80. The van der Waals surface area contributed by atoms with Crippen LogP contribution in [0.15, 0.2) is 30.5 Å². The quantitative estimate of drug-likeness (QED) is 0.130. The van der Waals surface area contributed by atoms with Crippen molar-refractivity contribution in [1.82, 2.24) is 20.9 Å². The fourth-order valence-electron chi connectivity index (χ4n) is 4.01. The van der Waals surface area contributed by atoms with Crippen LogP contribution < -0.4 is 27.4 Å². The summed E-state index contributed by atoms with van der Waals surface area (Å²) in [6.45, 7) is 3.33. The van der Waals surface area contributed by atoms with Crippen molar-refractivity contribution in [3.63, 3.8) is 0 Å². The van der Waals surface area contributed by atoms with E-state index in [4.69, 9.17) is 16.6 Å². The predicted molar refractivity (Wildman–Crippen MR) is 144 cm³/mol. The summed E-state index contributed by atoms with van der Waals surface area (Å²) in [5.41, 5.74) is 12.4. The SMILES string of the molecule is CC(C)C(NC(=O)C(N)CCC(N)=O)C(=O)NC(Cc1c[nH]c2ccccc12)C(=O)NC(CCC(=O)O)C(=O)O. The van der Waals surface area contributed by atoms with Gasteiger partial charge in [0.2, 0.25) is 23.6 Å². The molecule has 1 aromatic carbocycles. The van der Waals surface area contributed by atoms with Gasteiger partial charge in [0, 0.05) is 36.4 Å². The van der Waals surface area contributed by atoms with E-state index in [1.54, 1.807) is 26.1 Å². The number of hydrogen-bond acceptors (Lipinski definition) is 7. The molecule has 14 nitrogen and oxygen atoms in total. The van der Waals surface area contributed by atoms with Gasteiger partial charge in [-0.1, -0.05) is 32.0 Å². The number of carbonyl (C=O) groups is 6. The molecule has 4 unspecified atom stereocenters. The zero-order valence-corrected chi connectivity index (χ0v) is 22.3. The van der Waals surface area contributed by atoms with Gasteiger partial charge in [0.15, 0.2) is 0 Å². The van der Waals surface area contributed by atoms with Crippen LogP contribution in [0, 0.1) is 5.92 Å². The number of aliphatic carboxylic acids is 2. The number of benzene rings is 1. The maximum absolute atomic E-state index is 13.3. The van der Waals surface area contributed by atoms with Gasteiger partial charge in [-0.05, 0) is 30.4 Å². The number of fused-ring (bicyclic) bond motifs is 1. The van der Waals surface area contributed by atoms with E-state index in [2.05, 4.69) is 20.9 Å². The molecule has 218 valence electrons. The molecule has 1 heterocycles. The minimum atomic E-state index is -1.50. The van der Waals surface area contributed by atoms with E-state index in [-0.39, 0.29) is 25.7 Å². The first kappa shape index (κ1) is 31.8. The molecule has 0 fully saturated rings. The van der Waals surface area contributed by atoms with E-state index in [0.717, 1.165) is 10.9 Å². The number of hydrogen-bond donors (Lipinski definition) is 8. The van der Waals surface area contributed by atoms with Crippen LogP contribution in [-0.2, 0) is 35.2 Å². The van der Waals surface area contributed by atoms with Gasteiger partial charge in [0.1, 0.15) is 18.1 Å². The summed E-state index contributed by atoms with van der Waals surface area (Å²) in [5, 5.41) is 26.7. The van der Waals surface area contributed by atoms with Crippen molar-refractivity contribution in [3.8, 4) is 0 Å². The largest absolute Gasteiger partial charge is 0.481 e. The first-order chi connectivity index (χ1) is 18.8. The van der Waals surface area contributed by atoms with Crippen LogP contribution in [0.2, 0.25) is 0 Å². The topological polar surface area (TPSA) is 247 Å². The first-order valence-corrected chi connectivity index (χ1v) is 12.7. The summed E-state index contributed by atoms with van der Waals surface area (Å²) in [7, 11) is 0. The molecule has 10 N–H and O–H groups in total. The zero-order valence-electron chi connectivity index (χ0n) is 22.3. The molecule has 2 aromatic rings. The van der Waals surface area contributed by atoms with Crippen molar-refractivity contribution in [2.24, 2.45) is 17.4 Å². The number of carboxylic acid groups (broad SMARTS) is 2. The first-order valence-electron chi connectivity index (χ1n) is 12.7. The van der Waals surface area contributed by atoms with E-state index in [0.29, 0.717) is 5.56 Å². The number of nitrogens with two attached hydrogens (primary N) is 2. The summed E-state index contributed by atoms with van der Waals surface area (Å²) >= 11 is 0. The lowest BCUT2D eigenvalue weighted by molar-refractivity contribution is -0.143. The molecular formula is C26H36N6O8. The number of para-hydroxylation sites is 1. The third-order valence-corrected chi connectivity index (χ3v) is 6.28. The molecule has 4 amide bonds. The number of primary amides is 1. The number of H-pyrrole nitrogens is 1. The number of rotatable bonds is 16. The van der Waals surface area contributed by atoms with E-state index in [1.165, 1.54) is 0 Å². The van der Waals surface area contributed by atoms with Crippen molar-refractivity contribution >= 4 is 46.5 Å². The number of amides is 4. The highest BCUT2D eigenvalue weighted by Gasteiger charge is 2.32. The molecule has 0 aliphatic rings. The zero-order chi connectivity index (χ0) is 30.0. The third kappa shape index (κ3) is 9.38. The summed E-state index contributed by atoms with van der Waals surface area (Å²) in [6.07, 6.45) is 0.629. The highest BCUT2D eigenvalue weighted by atomic mass is 16.4. The van der Waals surface area contributed by atoms with Gasteiger partial charge in [-0.2, -0.15) is 0 Å². The van der Waals surface area contributed by atoms with Crippen molar-refractivity contribution in [2.45, 2.75) is 70.1 Å². The Hall–Kier alpha value is -4.46. The molecule has 0 radical (unpaired) electrons. The molecule has 2 rings (SSSR count). The monoisotopic (exact) mass is 560 g/mol. The van der Waals surface area contributed by atoms with Crippen LogP contribution in [0.25, 0.3) is 10.9 Å². The smallest absolute Gasteiger partial charge is 0.326 e. The molecule has 14 heteroatoms. The minimum Gasteiger partial charge on any atom is -0.481 e. The van der Waals surface area contributed by atoms with Gasteiger partial charge in [0.25, 0.3) is 0 Å². The van der Waals surface area contributed by atoms with Gasteiger partial charge in [0.05, 0.1) is 6.04 Å². The lowest BCUT2D eigenvalue weighted by Crippen LogP contribution is -2.58. The molecule has 0 aliphatic carbocycles. The lowest BCUT2D eigenvalue weighted by atomic mass is 9.99. The Labute approximate surface area is 230 Å². The highest BCUT2D eigenvalue weighted by molar-refractivity contribution is 5.95. The summed E-state index contributed by atoms with van der Waals surface area (Å²) in [6, 6.07) is 2.25. The summed E-state index contributed by atoms with van der Waals surface area (Å²) < 4.78 is 0. The molecule has 0 saturated carbocycles. The van der Waals surface area contributed by atoms with E-state index >= 15 is 0 Å². The molecule has 0 bridgehead atoms. The fraction of sp³-hybridized carbons (Fsp3) is 0.462.